The number of amides is 2. The standard InChI is InChI=1S/C29H36N8O10S2/c1-28(2)23(25(39)37(28)47-49(42,43)44)33-24(38)22(19-15-48-27(31)32-19)34-46-29(3,26(40)41)21-9-7-17-12-16(6-8-20(17)45-21)18-13-35(4)36(14-18)11-5-10-30/h6,8,12-15,21,23H,5,7,9-11,30H2,1-4H3,(H4-,31,32,33,38,40,41,42,43,44)/b34-22-/t21-,23-,29?/m1/s1. The lowest BCUT2D eigenvalue weighted by Crippen LogP contribution is -2.76. The van der Waals surface area contributed by atoms with E-state index in [2.05, 4.69) is 24.4 Å². The van der Waals surface area contributed by atoms with Crippen molar-refractivity contribution in [3.8, 4) is 16.9 Å². The molecule has 1 fully saturated rings. The van der Waals surface area contributed by atoms with Gasteiger partial charge in [0, 0.05) is 5.38 Å². The number of oxime groups is 1. The highest BCUT2D eigenvalue weighted by atomic mass is 32.3. The first-order valence-electron chi connectivity index (χ1n) is 15.0. The molecule has 1 unspecified atom stereocenters. The highest BCUT2D eigenvalue weighted by molar-refractivity contribution is 7.80. The van der Waals surface area contributed by atoms with Crippen LogP contribution in [0.4, 0.5) is 5.13 Å². The van der Waals surface area contributed by atoms with Crippen LogP contribution in [0, 0.1) is 0 Å². The second-order valence-electron chi connectivity index (χ2n) is 12.3. The maximum Gasteiger partial charge on any atom is 0.354 e. The Hall–Kier alpha value is -4.63. The smallest absolute Gasteiger partial charge is 0.354 e. The monoisotopic (exact) mass is 720 g/mol. The van der Waals surface area contributed by atoms with E-state index in [0.29, 0.717) is 23.8 Å². The zero-order valence-corrected chi connectivity index (χ0v) is 28.6. The number of carbonyl (C=O) groups is 3. The number of aliphatic carboxylic acids is 1. The van der Waals surface area contributed by atoms with Crippen molar-refractivity contribution in [2.75, 3.05) is 12.3 Å². The summed E-state index contributed by atoms with van der Waals surface area (Å²) in [6, 6.07) is 4.27. The molecule has 0 spiro atoms. The Kier molecular flexibility index (Phi) is 9.72. The molecule has 264 valence electrons. The van der Waals surface area contributed by atoms with E-state index in [-0.39, 0.29) is 17.2 Å². The normalized spacial score (nSPS) is 20.1. The average molecular weight is 721 g/mol. The molecule has 0 radical (unpaired) electrons. The second kappa shape index (κ2) is 13.3. The highest BCUT2D eigenvalue weighted by Gasteiger charge is 2.57. The van der Waals surface area contributed by atoms with Crippen LogP contribution in [0.3, 0.4) is 0 Å². The lowest BCUT2D eigenvalue weighted by molar-refractivity contribution is -0.753. The van der Waals surface area contributed by atoms with Gasteiger partial charge in [-0.1, -0.05) is 11.2 Å². The molecule has 0 saturated carbocycles. The Morgan fingerprint density at radius 3 is 2.69 bits per heavy atom. The molecule has 0 bridgehead atoms. The molecule has 20 heteroatoms. The topological polar surface area (TPSA) is 258 Å². The fraction of sp³-hybridized carbons (Fsp3) is 0.448. The third-order valence-corrected chi connectivity index (χ3v) is 9.42. The number of carboxylic acids is 1. The molecule has 2 amide bonds. The van der Waals surface area contributed by atoms with Crippen LogP contribution < -0.4 is 26.2 Å². The van der Waals surface area contributed by atoms with Gasteiger partial charge in [0.2, 0.25) is 16.6 Å². The van der Waals surface area contributed by atoms with Gasteiger partial charge in [-0.05, 0) is 69.8 Å². The summed E-state index contributed by atoms with van der Waals surface area (Å²) >= 11 is 0.966. The van der Waals surface area contributed by atoms with Gasteiger partial charge in [0.15, 0.2) is 24.0 Å². The number of benzene rings is 1. The predicted octanol–water partition coefficient (Wildman–Crippen LogP) is -0.178. The molecule has 2 aromatic heterocycles. The van der Waals surface area contributed by atoms with Crippen molar-refractivity contribution in [2.45, 2.75) is 69.9 Å². The van der Waals surface area contributed by atoms with Crippen LogP contribution in [-0.4, -0.2) is 86.1 Å². The number of rotatable bonds is 13. The van der Waals surface area contributed by atoms with Gasteiger partial charge in [-0.25, -0.2) is 18.2 Å². The van der Waals surface area contributed by atoms with Crippen LogP contribution in [0.5, 0.6) is 5.75 Å². The van der Waals surface area contributed by atoms with Gasteiger partial charge in [0.1, 0.15) is 17.5 Å². The number of carboxylic acid groups (broad SMARTS) is 1. The van der Waals surface area contributed by atoms with Crippen LogP contribution >= 0.6 is 11.3 Å². The second-order valence-corrected chi connectivity index (χ2v) is 14.1. The van der Waals surface area contributed by atoms with Gasteiger partial charge in [-0.15, -0.1) is 16.0 Å². The van der Waals surface area contributed by atoms with Gasteiger partial charge in [-0.3, -0.25) is 9.59 Å². The summed E-state index contributed by atoms with van der Waals surface area (Å²) in [6.45, 7) is 5.31. The number of aromatic nitrogens is 3. The SMILES string of the molecule is C[n+]1cc(-c2ccc3c(c2)CC[C@H](C(C)(O/N=C(\C(=O)N[C@@H]2C(=O)N(OS(=O)(=O)[O-])C2(C)C)c2csc(N)n2)C(=O)O)O3)cn1CCCN. The zero-order chi connectivity index (χ0) is 35.9. The number of hydrogen-bond donors (Lipinski definition) is 4. The zero-order valence-electron chi connectivity index (χ0n) is 27.0. The Morgan fingerprint density at radius 2 is 2.08 bits per heavy atom. The third-order valence-electron chi connectivity index (χ3n) is 8.41. The van der Waals surface area contributed by atoms with Gasteiger partial charge in [0.05, 0.1) is 23.8 Å². The number of nitrogens with zero attached hydrogens (tertiary/aromatic N) is 5. The number of hydrogen-bond acceptors (Lipinski definition) is 14. The van der Waals surface area contributed by atoms with E-state index < -0.39 is 57.2 Å². The van der Waals surface area contributed by atoms with E-state index in [1.54, 1.807) is 6.07 Å². The Balaban J connectivity index is 1.36. The maximum atomic E-state index is 13.5. The van der Waals surface area contributed by atoms with Crippen molar-refractivity contribution in [1.29, 1.82) is 0 Å². The number of nitrogens with one attached hydrogen (secondary N) is 1. The van der Waals surface area contributed by atoms with Crippen LogP contribution in [0.15, 0.2) is 41.1 Å². The van der Waals surface area contributed by atoms with E-state index in [1.165, 1.54) is 26.2 Å². The first kappa shape index (κ1) is 35.7. The summed E-state index contributed by atoms with van der Waals surface area (Å²) in [5.74, 6) is -3.01. The Labute approximate surface area is 285 Å². The van der Waals surface area contributed by atoms with Crippen molar-refractivity contribution in [3.05, 3.63) is 47.2 Å². The number of nitrogens with two attached hydrogens (primary N) is 2. The van der Waals surface area contributed by atoms with Gasteiger partial charge in [0.25, 0.3) is 17.4 Å². The predicted molar refractivity (Wildman–Crippen MR) is 171 cm³/mol. The molecular formula is C29H36N8O10S2. The Morgan fingerprint density at radius 1 is 1.35 bits per heavy atom. The molecule has 4 heterocycles. The number of ether oxygens (including phenoxy) is 1. The van der Waals surface area contributed by atoms with E-state index in [4.69, 9.17) is 21.0 Å². The minimum Gasteiger partial charge on any atom is -0.724 e. The third kappa shape index (κ3) is 7.22. The Bertz CT molecular complexity index is 1920. The molecular weight excluding hydrogens is 684 g/mol. The van der Waals surface area contributed by atoms with Crippen LogP contribution in [0.25, 0.3) is 11.1 Å². The molecule has 1 aromatic carbocycles. The lowest BCUT2D eigenvalue weighted by Gasteiger charge is -2.51. The molecule has 49 heavy (non-hydrogen) atoms. The number of thiazole rings is 1. The number of anilines is 1. The molecule has 2 aliphatic rings. The summed E-state index contributed by atoms with van der Waals surface area (Å²) in [5.41, 5.74) is 10.1. The van der Waals surface area contributed by atoms with Crippen LogP contribution in [0.2, 0.25) is 0 Å². The minimum atomic E-state index is -5.27. The summed E-state index contributed by atoms with van der Waals surface area (Å²) in [7, 11) is -3.33. The van der Waals surface area contributed by atoms with Crippen LogP contribution in [0.1, 0.15) is 44.9 Å². The molecule has 2 aliphatic heterocycles. The first-order valence-corrected chi connectivity index (χ1v) is 17.2. The summed E-state index contributed by atoms with van der Waals surface area (Å²) in [4.78, 5) is 48.4. The lowest BCUT2D eigenvalue weighted by atomic mass is 9.84. The summed E-state index contributed by atoms with van der Waals surface area (Å²) in [5, 5.41) is 18.4. The van der Waals surface area contributed by atoms with Gasteiger partial charge < -0.3 is 36.0 Å². The molecule has 1 saturated heterocycles. The molecule has 6 N–H and O–H groups in total. The van der Waals surface area contributed by atoms with Crippen molar-refractivity contribution < 1.29 is 51.0 Å². The van der Waals surface area contributed by atoms with Crippen LogP contribution in [-0.2, 0) is 53.9 Å². The fourth-order valence-corrected chi connectivity index (χ4v) is 6.53. The molecule has 5 rings (SSSR count). The van der Waals surface area contributed by atoms with Crippen molar-refractivity contribution >= 4 is 50.4 Å². The fourth-order valence-electron chi connectivity index (χ4n) is 5.53. The number of aryl methyl sites for hydroxylation is 3. The minimum absolute atomic E-state index is 0.0595. The van der Waals surface area contributed by atoms with Crippen molar-refractivity contribution in [3.63, 3.8) is 0 Å². The largest absolute Gasteiger partial charge is 0.724 e. The number of fused-ring (bicyclic) bond motifs is 1. The molecule has 0 aliphatic carbocycles. The summed E-state index contributed by atoms with van der Waals surface area (Å²) < 4.78 is 47.6. The van der Waals surface area contributed by atoms with Crippen molar-refractivity contribution in [2.24, 2.45) is 17.9 Å². The van der Waals surface area contributed by atoms with E-state index in [9.17, 15) is 32.5 Å². The van der Waals surface area contributed by atoms with E-state index >= 15 is 0 Å². The summed E-state index contributed by atoms with van der Waals surface area (Å²) in [6.07, 6.45) is 4.52. The van der Waals surface area contributed by atoms with Gasteiger partial charge >= 0.3 is 5.97 Å². The maximum absolute atomic E-state index is 13.5. The highest BCUT2D eigenvalue weighted by Crippen LogP contribution is 2.37. The van der Waals surface area contributed by atoms with E-state index in [1.807, 2.05) is 36.3 Å². The number of β-lactam (4-membered cyclic amide) rings is 1. The number of hydroxylamine groups is 2. The first-order chi connectivity index (χ1) is 22.9. The molecule has 18 nitrogen and oxygen atoms in total. The number of nitrogen functional groups attached to an aromatic ring is 1. The average Bonchev–Trinajstić information content (AvgIpc) is 3.64. The van der Waals surface area contributed by atoms with Crippen molar-refractivity contribution in [1.82, 2.24) is 20.0 Å². The van der Waals surface area contributed by atoms with Gasteiger partial charge in [-0.2, -0.15) is 14.0 Å². The molecule has 3 atom stereocenters. The molecule has 3 aromatic rings. The number of carbonyl (C=O) groups excluding carboxylic acids is 2. The quantitative estimate of drug-likeness (QED) is 0.0447. The van der Waals surface area contributed by atoms with E-state index in [0.717, 1.165) is 41.0 Å².